The highest BCUT2D eigenvalue weighted by Gasteiger charge is 2.34. The van der Waals surface area contributed by atoms with Crippen molar-refractivity contribution in [3.63, 3.8) is 0 Å². The van der Waals surface area contributed by atoms with Crippen molar-refractivity contribution in [1.29, 1.82) is 0 Å². The second kappa shape index (κ2) is 7.58. The lowest BCUT2D eigenvalue weighted by Crippen LogP contribution is -2.38. The van der Waals surface area contributed by atoms with Crippen LogP contribution in [0.4, 0.5) is 13.2 Å². The average molecular weight is 392 g/mol. The molecule has 1 aliphatic heterocycles. The lowest BCUT2D eigenvalue weighted by Gasteiger charge is -2.22. The van der Waals surface area contributed by atoms with E-state index in [-0.39, 0.29) is 11.8 Å². The lowest BCUT2D eigenvalue weighted by molar-refractivity contribution is -0.137. The van der Waals surface area contributed by atoms with Crippen LogP contribution in [0.1, 0.15) is 53.2 Å². The van der Waals surface area contributed by atoms with Gasteiger partial charge in [0.25, 0.3) is 5.91 Å². The van der Waals surface area contributed by atoms with Gasteiger partial charge in [-0.25, -0.2) is 4.68 Å². The van der Waals surface area contributed by atoms with E-state index in [0.717, 1.165) is 50.9 Å². The van der Waals surface area contributed by atoms with Crippen LogP contribution in [0.5, 0.6) is 0 Å². The van der Waals surface area contributed by atoms with Crippen LogP contribution in [-0.2, 0) is 6.18 Å². The molecule has 2 heterocycles. The molecule has 1 unspecified atom stereocenters. The van der Waals surface area contributed by atoms with Gasteiger partial charge >= 0.3 is 6.18 Å². The molecule has 1 saturated heterocycles. The van der Waals surface area contributed by atoms with Crippen molar-refractivity contribution >= 4 is 5.91 Å². The molecule has 2 N–H and O–H groups in total. The van der Waals surface area contributed by atoms with Crippen molar-refractivity contribution < 1.29 is 18.0 Å². The molecule has 2 aliphatic rings. The van der Waals surface area contributed by atoms with Crippen LogP contribution >= 0.6 is 0 Å². The van der Waals surface area contributed by atoms with Crippen molar-refractivity contribution in [3.8, 4) is 5.69 Å². The summed E-state index contributed by atoms with van der Waals surface area (Å²) in [4.78, 5) is 12.7. The quantitative estimate of drug-likeness (QED) is 0.819. The third-order valence-corrected chi connectivity index (χ3v) is 5.38. The number of nitrogens with zero attached hydrogens (tertiary/aromatic N) is 2. The summed E-state index contributed by atoms with van der Waals surface area (Å²) in [6.45, 7) is 2.49. The number of nitrogens with one attached hydrogen (secondary N) is 2. The summed E-state index contributed by atoms with van der Waals surface area (Å²) in [7, 11) is 0. The summed E-state index contributed by atoms with van der Waals surface area (Å²) in [5.74, 6) is 0.362. The Morgan fingerprint density at radius 3 is 2.79 bits per heavy atom. The topological polar surface area (TPSA) is 59.0 Å². The van der Waals surface area contributed by atoms with E-state index in [2.05, 4.69) is 15.7 Å². The van der Waals surface area contributed by atoms with Gasteiger partial charge in [-0.3, -0.25) is 4.79 Å². The number of rotatable bonds is 5. The summed E-state index contributed by atoms with van der Waals surface area (Å²) < 4.78 is 40.7. The Morgan fingerprint density at radius 2 is 2.11 bits per heavy atom. The first-order valence-corrected chi connectivity index (χ1v) is 9.68. The summed E-state index contributed by atoms with van der Waals surface area (Å²) in [5.41, 5.74) is 0.771. The van der Waals surface area contributed by atoms with Gasteiger partial charge in [-0.15, -0.1) is 0 Å². The molecule has 28 heavy (non-hydrogen) atoms. The smallest absolute Gasteiger partial charge is 0.352 e. The second-order valence-electron chi connectivity index (χ2n) is 7.60. The number of carbonyl (C=O) groups is 1. The monoisotopic (exact) mass is 392 g/mol. The van der Waals surface area contributed by atoms with Gasteiger partial charge in [0.15, 0.2) is 0 Å². The third kappa shape index (κ3) is 4.06. The Hall–Kier alpha value is -2.35. The van der Waals surface area contributed by atoms with Gasteiger partial charge in [0.2, 0.25) is 0 Å². The highest BCUT2D eigenvalue weighted by Crippen LogP contribution is 2.42. The fourth-order valence-corrected chi connectivity index (χ4v) is 3.73. The SMILES string of the molecule is O=C(NCC1CCCNC1)c1cnn(-c2cccc(C(F)(F)F)c2)c1C1CC1. The van der Waals surface area contributed by atoms with Crippen molar-refractivity contribution in [2.45, 2.75) is 37.8 Å². The minimum absolute atomic E-state index is 0.161. The summed E-state index contributed by atoms with van der Waals surface area (Å²) in [6.07, 6.45) is 1.06. The zero-order chi connectivity index (χ0) is 19.7. The minimum atomic E-state index is -4.42. The molecular weight excluding hydrogens is 369 g/mol. The molecule has 1 aliphatic carbocycles. The van der Waals surface area contributed by atoms with Crippen molar-refractivity contribution in [3.05, 3.63) is 47.3 Å². The molecule has 0 spiro atoms. The largest absolute Gasteiger partial charge is 0.416 e. The zero-order valence-corrected chi connectivity index (χ0v) is 15.4. The average Bonchev–Trinajstić information content (AvgIpc) is 3.44. The number of alkyl halides is 3. The van der Waals surface area contributed by atoms with Crippen LogP contribution in [0.15, 0.2) is 30.5 Å². The maximum Gasteiger partial charge on any atom is 0.416 e. The molecule has 5 nitrogen and oxygen atoms in total. The molecule has 1 atom stereocenters. The van der Waals surface area contributed by atoms with Crippen LogP contribution in [0.2, 0.25) is 0 Å². The highest BCUT2D eigenvalue weighted by atomic mass is 19.4. The molecule has 0 bridgehead atoms. The van der Waals surface area contributed by atoms with Gasteiger partial charge in [0, 0.05) is 12.5 Å². The predicted octanol–water partition coefficient (Wildman–Crippen LogP) is 3.50. The molecule has 1 aromatic carbocycles. The number of hydrogen-bond acceptors (Lipinski definition) is 3. The Morgan fingerprint density at radius 1 is 1.29 bits per heavy atom. The van der Waals surface area contributed by atoms with Crippen LogP contribution in [0.3, 0.4) is 0 Å². The van der Waals surface area contributed by atoms with Gasteiger partial charge in [-0.05, 0) is 62.9 Å². The van der Waals surface area contributed by atoms with Crippen LogP contribution in [-0.4, -0.2) is 35.3 Å². The van der Waals surface area contributed by atoms with Gasteiger partial charge in [-0.2, -0.15) is 18.3 Å². The first kappa shape index (κ1) is 19.0. The van der Waals surface area contributed by atoms with E-state index >= 15 is 0 Å². The second-order valence-corrected chi connectivity index (χ2v) is 7.60. The number of amides is 1. The Balaban J connectivity index is 1.57. The number of hydrogen-bond donors (Lipinski definition) is 2. The molecule has 1 amide bonds. The minimum Gasteiger partial charge on any atom is -0.352 e. The van der Waals surface area contributed by atoms with Crippen LogP contribution < -0.4 is 10.6 Å². The summed E-state index contributed by atoms with van der Waals surface area (Å²) >= 11 is 0. The van der Waals surface area contributed by atoms with E-state index in [1.54, 1.807) is 6.07 Å². The molecule has 8 heteroatoms. The third-order valence-electron chi connectivity index (χ3n) is 5.38. The van der Waals surface area contributed by atoms with Crippen molar-refractivity contribution in [2.75, 3.05) is 19.6 Å². The molecule has 150 valence electrons. The van der Waals surface area contributed by atoms with E-state index in [1.807, 2.05) is 0 Å². The van der Waals surface area contributed by atoms with Crippen molar-refractivity contribution in [1.82, 2.24) is 20.4 Å². The molecule has 2 aromatic rings. The van der Waals surface area contributed by atoms with Gasteiger partial charge in [0.05, 0.1) is 28.7 Å². The Bertz CT molecular complexity index is 851. The first-order valence-electron chi connectivity index (χ1n) is 9.68. The van der Waals surface area contributed by atoms with E-state index in [9.17, 15) is 18.0 Å². The highest BCUT2D eigenvalue weighted by molar-refractivity contribution is 5.95. The van der Waals surface area contributed by atoms with Crippen molar-refractivity contribution in [2.24, 2.45) is 5.92 Å². The van der Waals surface area contributed by atoms with Gasteiger partial charge in [-0.1, -0.05) is 6.07 Å². The van der Waals surface area contributed by atoms with E-state index in [1.165, 1.54) is 16.9 Å². The molecule has 1 aromatic heterocycles. The normalized spacial score (nSPS) is 20.2. The maximum absolute atomic E-state index is 13.1. The zero-order valence-electron chi connectivity index (χ0n) is 15.4. The predicted molar refractivity (Wildman–Crippen MR) is 98.5 cm³/mol. The summed E-state index contributed by atoms with van der Waals surface area (Å²) in [6, 6.07) is 5.07. The number of halogens is 3. The number of carbonyl (C=O) groups excluding carboxylic acids is 1. The maximum atomic E-state index is 13.1. The van der Waals surface area contributed by atoms with Crippen LogP contribution in [0, 0.1) is 5.92 Å². The van der Waals surface area contributed by atoms with E-state index < -0.39 is 11.7 Å². The van der Waals surface area contributed by atoms with E-state index in [4.69, 9.17) is 0 Å². The Kier molecular flexibility index (Phi) is 5.14. The Labute approximate surface area is 161 Å². The number of benzene rings is 1. The fourth-order valence-electron chi connectivity index (χ4n) is 3.73. The number of aromatic nitrogens is 2. The fraction of sp³-hybridized carbons (Fsp3) is 0.500. The first-order chi connectivity index (χ1) is 13.4. The molecule has 1 saturated carbocycles. The summed E-state index contributed by atoms with van der Waals surface area (Å²) in [5, 5.41) is 10.6. The molecular formula is C20H23F3N4O. The van der Waals surface area contributed by atoms with E-state index in [0.29, 0.717) is 29.4 Å². The molecule has 4 rings (SSSR count). The lowest BCUT2D eigenvalue weighted by atomic mass is 9.99. The molecule has 0 radical (unpaired) electrons. The van der Waals surface area contributed by atoms with Gasteiger partial charge < -0.3 is 10.6 Å². The standard InChI is InChI=1S/C20H23F3N4O/c21-20(22,23)15-4-1-5-16(9-15)27-18(14-6-7-14)17(12-26-27)19(28)25-11-13-3-2-8-24-10-13/h1,4-5,9,12-14,24H,2-3,6-8,10-11H2,(H,25,28). The number of piperidine rings is 1. The van der Waals surface area contributed by atoms with Gasteiger partial charge in [0.1, 0.15) is 0 Å². The van der Waals surface area contributed by atoms with Crippen LogP contribution in [0.25, 0.3) is 5.69 Å². The molecule has 2 fully saturated rings.